The highest BCUT2D eigenvalue weighted by Gasteiger charge is 2.66. The highest BCUT2D eigenvalue weighted by Crippen LogP contribution is 2.69. The number of hydrogen-bond donors (Lipinski definition) is 2. The first-order chi connectivity index (χ1) is 13.5. The molecule has 4 aliphatic carbocycles. The number of methoxy groups -OCH3 is 1. The molecule has 4 saturated carbocycles. The predicted molar refractivity (Wildman–Crippen MR) is 104 cm³/mol. The van der Waals surface area contributed by atoms with Gasteiger partial charge in [-0.3, -0.25) is 0 Å². The molecule has 6 heteroatoms. The van der Waals surface area contributed by atoms with Gasteiger partial charge in [-0.15, -0.1) is 0 Å². The first-order valence-corrected chi connectivity index (χ1v) is 11.4. The third-order valence-corrected chi connectivity index (χ3v) is 10.0. The number of aliphatic hydroxyl groups excluding tert-OH is 1. The van der Waals surface area contributed by atoms with Gasteiger partial charge in [0.15, 0.2) is 5.60 Å². The lowest BCUT2D eigenvalue weighted by Crippen LogP contribution is -2.61. The van der Waals surface area contributed by atoms with Crippen molar-refractivity contribution >= 4 is 0 Å². The fourth-order valence-corrected chi connectivity index (χ4v) is 8.69. The summed E-state index contributed by atoms with van der Waals surface area (Å²) >= 11 is 0. The molecule has 0 amide bonds. The van der Waals surface area contributed by atoms with Crippen molar-refractivity contribution in [2.24, 2.45) is 40.4 Å². The molecule has 0 aromatic carbocycles. The number of hydrogen-bond acceptors (Lipinski definition) is 3. The van der Waals surface area contributed by atoms with Gasteiger partial charge in [-0.2, -0.15) is 13.2 Å². The molecule has 0 radical (unpaired) electrons. The fourth-order valence-electron chi connectivity index (χ4n) is 8.69. The zero-order valence-electron chi connectivity index (χ0n) is 18.0. The summed E-state index contributed by atoms with van der Waals surface area (Å²) < 4.78 is 46.3. The summed E-state index contributed by atoms with van der Waals surface area (Å²) in [6.07, 6.45) is 1.04. The summed E-state index contributed by atoms with van der Waals surface area (Å²) in [5.74, 6) is 1.60. The van der Waals surface area contributed by atoms with Crippen molar-refractivity contribution < 1.29 is 28.1 Å². The Morgan fingerprint density at radius 2 is 1.76 bits per heavy atom. The van der Waals surface area contributed by atoms with Crippen LogP contribution in [0.25, 0.3) is 0 Å². The van der Waals surface area contributed by atoms with Crippen LogP contribution in [-0.4, -0.2) is 41.8 Å². The molecule has 0 aromatic rings. The van der Waals surface area contributed by atoms with E-state index in [0.717, 1.165) is 38.5 Å². The Balaban J connectivity index is 1.63. The van der Waals surface area contributed by atoms with Crippen molar-refractivity contribution in [3.8, 4) is 0 Å². The van der Waals surface area contributed by atoms with E-state index < -0.39 is 11.8 Å². The van der Waals surface area contributed by atoms with E-state index in [0.29, 0.717) is 36.7 Å². The van der Waals surface area contributed by atoms with Gasteiger partial charge in [-0.1, -0.05) is 6.92 Å². The summed E-state index contributed by atoms with van der Waals surface area (Å²) in [6.45, 7) is 4.75. The number of ether oxygens (including phenoxy) is 1. The quantitative estimate of drug-likeness (QED) is 0.682. The molecule has 4 rings (SSSR count). The molecule has 1 unspecified atom stereocenters. The number of aliphatic hydroxyl groups is 2. The van der Waals surface area contributed by atoms with Crippen LogP contribution in [0.3, 0.4) is 0 Å². The van der Waals surface area contributed by atoms with E-state index in [-0.39, 0.29) is 35.7 Å². The summed E-state index contributed by atoms with van der Waals surface area (Å²) in [4.78, 5) is 0. The zero-order valence-corrected chi connectivity index (χ0v) is 18.0. The van der Waals surface area contributed by atoms with Crippen LogP contribution >= 0.6 is 0 Å². The zero-order chi connectivity index (χ0) is 21.2. The van der Waals surface area contributed by atoms with Gasteiger partial charge in [0.25, 0.3) is 0 Å². The molecule has 0 bridgehead atoms. The second-order valence-electron chi connectivity index (χ2n) is 11.0. The number of rotatable bonds is 3. The van der Waals surface area contributed by atoms with Gasteiger partial charge in [0.2, 0.25) is 0 Å². The number of alkyl halides is 3. The highest BCUT2D eigenvalue weighted by molar-refractivity contribution is 5.12. The van der Waals surface area contributed by atoms with Gasteiger partial charge in [-0.05, 0) is 105 Å². The molecule has 4 fully saturated rings. The topological polar surface area (TPSA) is 49.7 Å². The summed E-state index contributed by atoms with van der Waals surface area (Å²) in [5.41, 5.74) is -2.66. The molecule has 3 nitrogen and oxygen atoms in total. The highest BCUT2D eigenvalue weighted by atomic mass is 19.4. The minimum atomic E-state index is -4.57. The lowest BCUT2D eigenvalue weighted by atomic mass is 9.43. The van der Waals surface area contributed by atoms with Crippen molar-refractivity contribution in [2.45, 2.75) is 89.5 Å². The molecule has 168 valence electrons. The lowest BCUT2D eigenvalue weighted by molar-refractivity contribution is -0.294. The van der Waals surface area contributed by atoms with Crippen LogP contribution in [0, 0.1) is 40.4 Å². The van der Waals surface area contributed by atoms with E-state index in [4.69, 9.17) is 4.74 Å². The van der Waals surface area contributed by atoms with Crippen LogP contribution in [0.1, 0.15) is 71.6 Å². The second-order valence-corrected chi connectivity index (χ2v) is 11.0. The van der Waals surface area contributed by atoms with Crippen LogP contribution in [-0.2, 0) is 4.74 Å². The summed E-state index contributed by atoms with van der Waals surface area (Å²) in [7, 11) is 1.66. The molecule has 29 heavy (non-hydrogen) atoms. The van der Waals surface area contributed by atoms with Crippen LogP contribution in [0.5, 0.6) is 0 Å². The monoisotopic (exact) mass is 418 g/mol. The van der Waals surface area contributed by atoms with E-state index >= 15 is 0 Å². The maximum absolute atomic E-state index is 13.6. The fraction of sp³-hybridized carbons (Fsp3) is 1.00. The molecule has 0 heterocycles. The van der Waals surface area contributed by atoms with Crippen LogP contribution in [0.4, 0.5) is 13.2 Å². The van der Waals surface area contributed by atoms with Crippen LogP contribution < -0.4 is 0 Å². The van der Waals surface area contributed by atoms with E-state index in [9.17, 15) is 23.4 Å². The van der Waals surface area contributed by atoms with Crippen LogP contribution in [0.15, 0.2) is 0 Å². The van der Waals surface area contributed by atoms with Gasteiger partial charge in [0.05, 0.1) is 12.7 Å². The molecular weight excluding hydrogens is 381 g/mol. The first-order valence-electron chi connectivity index (χ1n) is 11.4. The minimum Gasteiger partial charge on any atom is -0.393 e. The Labute approximate surface area is 172 Å². The first kappa shape index (κ1) is 21.9. The van der Waals surface area contributed by atoms with E-state index in [1.54, 1.807) is 7.11 Å². The van der Waals surface area contributed by atoms with Gasteiger partial charge in [0, 0.05) is 7.11 Å². The Morgan fingerprint density at radius 3 is 2.38 bits per heavy atom. The maximum atomic E-state index is 13.6. The van der Waals surface area contributed by atoms with Crippen molar-refractivity contribution in [1.29, 1.82) is 0 Å². The standard InChI is InChI=1S/C23H37F3O3/c1-14(27)17-6-7-18-16-5-4-15-12-22(28,23(24,25)26)11-10-21(15,13-29-3)19(16)8-9-20(17,18)2/h14-19,27-28H,4-13H2,1-3H3/t14?,15-,16+,17-,18+,19+,20-,21-,22-/m1/s1. The Bertz CT molecular complexity index is 623. The SMILES string of the molecule is COC[C@]12CC[C@](O)(C(F)(F)F)C[C@H]1CC[C@H]1[C@@H]3CC[C@H](C(C)O)[C@@]3(C)CC[C@@H]12. The van der Waals surface area contributed by atoms with Gasteiger partial charge < -0.3 is 14.9 Å². The van der Waals surface area contributed by atoms with E-state index in [1.807, 2.05) is 6.92 Å². The average Bonchev–Trinajstić information content (AvgIpc) is 2.99. The summed E-state index contributed by atoms with van der Waals surface area (Å²) in [5, 5.41) is 20.8. The normalized spacial score (nSPS) is 51.1. The average molecular weight is 419 g/mol. The predicted octanol–water partition coefficient (Wildman–Crippen LogP) is 4.95. The lowest BCUT2D eigenvalue weighted by Gasteiger charge is -2.63. The molecule has 0 aromatic heterocycles. The number of halogens is 3. The Kier molecular flexibility index (Phi) is 5.35. The molecule has 2 N–H and O–H groups in total. The molecule has 0 aliphatic heterocycles. The molecule has 9 atom stereocenters. The van der Waals surface area contributed by atoms with Crippen LogP contribution in [0.2, 0.25) is 0 Å². The van der Waals surface area contributed by atoms with E-state index in [2.05, 4.69) is 6.92 Å². The van der Waals surface area contributed by atoms with Gasteiger partial charge in [0.1, 0.15) is 0 Å². The van der Waals surface area contributed by atoms with Gasteiger partial charge >= 0.3 is 6.18 Å². The van der Waals surface area contributed by atoms with E-state index in [1.165, 1.54) is 0 Å². The third kappa shape index (κ3) is 3.10. The molecule has 0 saturated heterocycles. The molecular formula is C23H37F3O3. The largest absolute Gasteiger partial charge is 0.417 e. The summed E-state index contributed by atoms with van der Waals surface area (Å²) in [6, 6.07) is 0. The Morgan fingerprint density at radius 1 is 1.03 bits per heavy atom. The Hall–Kier alpha value is -0.330. The second kappa shape index (κ2) is 7.09. The molecule has 4 aliphatic rings. The smallest absolute Gasteiger partial charge is 0.393 e. The minimum absolute atomic E-state index is 0.137. The maximum Gasteiger partial charge on any atom is 0.417 e. The van der Waals surface area contributed by atoms with Crippen molar-refractivity contribution in [2.75, 3.05) is 13.7 Å². The van der Waals surface area contributed by atoms with Crippen molar-refractivity contribution in [3.63, 3.8) is 0 Å². The van der Waals surface area contributed by atoms with Crippen molar-refractivity contribution in [3.05, 3.63) is 0 Å². The number of fused-ring (bicyclic) bond motifs is 5. The van der Waals surface area contributed by atoms with Gasteiger partial charge in [-0.25, -0.2) is 0 Å². The third-order valence-electron chi connectivity index (χ3n) is 10.0. The van der Waals surface area contributed by atoms with Crippen molar-refractivity contribution in [1.82, 2.24) is 0 Å². The molecule has 0 spiro atoms.